The van der Waals surface area contributed by atoms with E-state index in [4.69, 9.17) is 4.74 Å². The molecule has 3 aromatic rings. The van der Waals surface area contributed by atoms with Gasteiger partial charge in [0.25, 0.3) is 5.91 Å². The van der Waals surface area contributed by atoms with Gasteiger partial charge in [-0.05, 0) is 68.3 Å². The van der Waals surface area contributed by atoms with Crippen molar-refractivity contribution in [3.8, 4) is 5.75 Å². The van der Waals surface area contributed by atoms with Crippen molar-refractivity contribution in [2.24, 2.45) is 0 Å². The summed E-state index contributed by atoms with van der Waals surface area (Å²) in [7, 11) is 1.56. The number of fused-ring (bicyclic) bond motifs is 1. The second-order valence-corrected chi connectivity index (χ2v) is 9.35. The number of rotatable bonds is 5. The van der Waals surface area contributed by atoms with Gasteiger partial charge >= 0.3 is 6.18 Å². The Hall–Kier alpha value is -4.14. The molecule has 1 heterocycles. The van der Waals surface area contributed by atoms with E-state index in [1.54, 1.807) is 7.11 Å². The molecule has 1 aliphatic heterocycles. The molecule has 0 unspecified atom stereocenters. The summed E-state index contributed by atoms with van der Waals surface area (Å²) in [4.78, 5) is 25.8. The van der Waals surface area contributed by atoms with Crippen LogP contribution in [0.2, 0.25) is 0 Å². The van der Waals surface area contributed by atoms with Gasteiger partial charge in [0.05, 0.1) is 18.2 Å². The lowest BCUT2D eigenvalue weighted by molar-refractivity contribution is -0.138. The molecule has 0 fully saturated rings. The Kier molecular flexibility index (Phi) is 6.82. The van der Waals surface area contributed by atoms with E-state index in [0.29, 0.717) is 11.4 Å². The third kappa shape index (κ3) is 5.82. The number of allylic oxidation sites excluding steroid dienone is 1. The number of hydrogen-bond donors (Lipinski definition) is 2. The molecular weight excluding hydrogens is 488 g/mol. The summed E-state index contributed by atoms with van der Waals surface area (Å²) in [5, 5.41) is 5.74. The van der Waals surface area contributed by atoms with Crippen molar-refractivity contribution in [3.05, 3.63) is 100 Å². The number of alkyl halides is 3. The molecule has 1 aliphatic rings. The van der Waals surface area contributed by atoms with Gasteiger partial charge in [-0.25, -0.2) is 4.39 Å². The van der Waals surface area contributed by atoms with Gasteiger partial charge in [0.2, 0.25) is 0 Å². The average Bonchev–Trinajstić information content (AvgIpc) is 2.82. The van der Waals surface area contributed by atoms with E-state index in [0.717, 1.165) is 29.7 Å². The van der Waals surface area contributed by atoms with Crippen molar-refractivity contribution in [2.45, 2.75) is 32.0 Å². The van der Waals surface area contributed by atoms with Crippen molar-refractivity contribution in [1.29, 1.82) is 0 Å². The fraction of sp³-hybridized carbons (Fsp3) is 0.214. The number of ketones is 1. The minimum atomic E-state index is -4.92. The average molecular weight is 513 g/mol. The summed E-state index contributed by atoms with van der Waals surface area (Å²) in [6, 6.07) is 13.3. The molecule has 9 heteroatoms. The van der Waals surface area contributed by atoms with Gasteiger partial charge in [0, 0.05) is 34.1 Å². The molecule has 0 saturated carbocycles. The lowest BCUT2D eigenvalue weighted by Crippen LogP contribution is -2.43. The number of carbonyl (C=O) groups excluding carboxylic acids is 2. The molecule has 2 N–H and O–H groups in total. The lowest BCUT2D eigenvalue weighted by atomic mass is 9.85. The lowest BCUT2D eigenvalue weighted by Gasteiger charge is -2.35. The Labute approximate surface area is 211 Å². The molecule has 0 aromatic heterocycles. The number of benzene rings is 3. The van der Waals surface area contributed by atoms with Crippen LogP contribution < -0.4 is 15.4 Å². The topological polar surface area (TPSA) is 67.4 Å². The van der Waals surface area contributed by atoms with Crippen LogP contribution in [0.4, 0.5) is 23.2 Å². The van der Waals surface area contributed by atoms with E-state index in [-0.39, 0.29) is 28.6 Å². The molecular formula is C28H24F4N2O3. The Morgan fingerprint density at radius 3 is 2.51 bits per heavy atom. The fourth-order valence-electron chi connectivity index (χ4n) is 4.27. The van der Waals surface area contributed by atoms with Crippen LogP contribution in [-0.2, 0) is 12.6 Å². The van der Waals surface area contributed by atoms with Gasteiger partial charge in [-0.2, -0.15) is 13.2 Å². The highest BCUT2D eigenvalue weighted by Crippen LogP contribution is 2.34. The summed E-state index contributed by atoms with van der Waals surface area (Å²) in [5.41, 5.74) is 0.381. The third-order valence-electron chi connectivity index (χ3n) is 5.92. The summed E-state index contributed by atoms with van der Waals surface area (Å²) in [5.74, 6) is -1.92. The Morgan fingerprint density at radius 1 is 1.05 bits per heavy atom. The number of methoxy groups -OCH3 is 1. The second-order valence-electron chi connectivity index (χ2n) is 9.35. The van der Waals surface area contributed by atoms with E-state index in [1.807, 2.05) is 32.0 Å². The Balaban J connectivity index is 1.62. The largest absolute Gasteiger partial charge is 0.497 e. The van der Waals surface area contributed by atoms with E-state index in [9.17, 15) is 27.2 Å². The maximum atomic E-state index is 13.4. The molecule has 192 valence electrons. The molecule has 0 atom stereocenters. The van der Waals surface area contributed by atoms with Crippen molar-refractivity contribution >= 4 is 23.1 Å². The maximum absolute atomic E-state index is 13.4. The van der Waals surface area contributed by atoms with Crippen LogP contribution >= 0.6 is 0 Å². The summed E-state index contributed by atoms with van der Waals surface area (Å²) >= 11 is 0. The number of amides is 1. The van der Waals surface area contributed by atoms with Crippen LogP contribution in [0.25, 0.3) is 5.70 Å². The first-order valence-corrected chi connectivity index (χ1v) is 11.4. The van der Waals surface area contributed by atoms with Crippen LogP contribution in [0.1, 0.15) is 51.3 Å². The van der Waals surface area contributed by atoms with Crippen LogP contribution in [-0.4, -0.2) is 24.3 Å². The van der Waals surface area contributed by atoms with Gasteiger partial charge in [0.1, 0.15) is 11.6 Å². The number of carbonyl (C=O) groups is 2. The van der Waals surface area contributed by atoms with Crippen molar-refractivity contribution in [1.82, 2.24) is 5.32 Å². The summed E-state index contributed by atoms with van der Waals surface area (Å²) in [6.45, 7) is 4.03. The molecule has 0 radical (unpaired) electrons. The summed E-state index contributed by atoms with van der Waals surface area (Å²) < 4.78 is 58.7. The predicted molar refractivity (Wildman–Crippen MR) is 132 cm³/mol. The number of nitrogens with one attached hydrogen (secondary N) is 2. The molecule has 1 amide bonds. The SMILES string of the molecule is COc1ccc2c(c1)/C(=C/C(=O)c1cccc(NC(=O)c3ccc(F)cc3C(F)(F)F)c1)NC(C)(C)C2. The molecule has 0 bridgehead atoms. The monoisotopic (exact) mass is 512 g/mol. The van der Waals surface area contributed by atoms with E-state index in [1.165, 1.54) is 30.3 Å². The molecule has 37 heavy (non-hydrogen) atoms. The van der Waals surface area contributed by atoms with E-state index >= 15 is 0 Å². The third-order valence-corrected chi connectivity index (χ3v) is 5.92. The molecule has 3 aromatic carbocycles. The van der Waals surface area contributed by atoms with Crippen molar-refractivity contribution < 1.29 is 31.9 Å². The standard InChI is InChI=1S/C28H24F4N2O3/c1-27(2)15-17-7-9-20(37-3)13-22(17)24(34-27)14-25(35)16-5-4-6-19(11-16)33-26(36)21-10-8-18(29)12-23(21)28(30,31)32/h4-14,34H,15H2,1-3H3,(H,33,36)/b24-14-. The molecule has 5 nitrogen and oxygen atoms in total. The maximum Gasteiger partial charge on any atom is 0.417 e. The minimum absolute atomic E-state index is 0.116. The van der Waals surface area contributed by atoms with Gasteiger partial charge < -0.3 is 15.4 Å². The number of ether oxygens (including phenoxy) is 1. The highest BCUT2D eigenvalue weighted by atomic mass is 19.4. The first-order chi connectivity index (χ1) is 17.4. The zero-order valence-electron chi connectivity index (χ0n) is 20.3. The Morgan fingerprint density at radius 2 is 1.81 bits per heavy atom. The van der Waals surface area contributed by atoms with Gasteiger partial charge in [-0.1, -0.05) is 18.2 Å². The van der Waals surface area contributed by atoms with Gasteiger partial charge in [-0.15, -0.1) is 0 Å². The molecule has 0 aliphatic carbocycles. The number of hydrogen-bond acceptors (Lipinski definition) is 4. The summed E-state index contributed by atoms with van der Waals surface area (Å²) in [6.07, 6.45) is -2.73. The first kappa shape index (κ1) is 25.9. The van der Waals surface area contributed by atoms with Crippen molar-refractivity contribution in [3.63, 3.8) is 0 Å². The van der Waals surface area contributed by atoms with Crippen LogP contribution in [0.5, 0.6) is 5.75 Å². The zero-order valence-corrected chi connectivity index (χ0v) is 20.3. The molecule has 4 rings (SSSR count). The second kappa shape index (κ2) is 9.72. The quantitative estimate of drug-likeness (QED) is 0.241. The van der Waals surface area contributed by atoms with Gasteiger partial charge in [-0.3, -0.25) is 9.59 Å². The zero-order chi connectivity index (χ0) is 27.0. The predicted octanol–water partition coefficient (Wildman–Crippen LogP) is 6.25. The molecule has 0 spiro atoms. The number of anilines is 1. The van der Waals surface area contributed by atoms with E-state index < -0.39 is 29.0 Å². The minimum Gasteiger partial charge on any atom is -0.497 e. The Bertz CT molecular complexity index is 1410. The molecule has 0 saturated heterocycles. The highest BCUT2D eigenvalue weighted by Gasteiger charge is 2.36. The van der Waals surface area contributed by atoms with E-state index in [2.05, 4.69) is 10.6 Å². The normalized spacial score (nSPS) is 15.5. The van der Waals surface area contributed by atoms with Gasteiger partial charge in [0.15, 0.2) is 5.78 Å². The smallest absolute Gasteiger partial charge is 0.417 e. The van der Waals surface area contributed by atoms with Crippen LogP contribution in [0, 0.1) is 5.82 Å². The first-order valence-electron chi connectivity index (χ1n) is 11.4. The van der Waals surface area contributed by atoms with Crippen LogP contribution in [0.3, 0.4) is 0 Å². The number of halogens is 4. The highest BCUT2D eigenvalue weighted by molar-refractivity contribution is 6.10. The van der Waals surface area contributed by atoms with Crippen LogP contribution in [0.15, 0.2) is 66.7 Å². The van der Waals surface area contributed by atoms with Crippen molar-refractivity contribution in [2.75, 3.05) is 12.4 Å². The fourth-order valence-corrected chi connectivity index (χ4v) is 4.27.